The maximum Gasteiger partial charge on any atom is 0.122 e. The van der Waals surface area contributed by atoms with Crippen LogP contribution in [-0.2, 0) is 4.74 Å². The van der Waals surface area contributed by atoms with Gasteiger partial charge in [-0.25, -0.2) is 0 Å². The Hall–Kier alpha value is -0.120. The minimum absolute atomic E-state index is 0.0393. The molecule has 0 aromatic carbocycles. The first-order valence-corrected chi connectivity index (χ1v) is 7.48. The summed E-state index contributed by atoms with van der Waals surface area (Å²) in [7, 11) is 0. The lowest BCUT2D eigenvalue weighted by Crippen LogP contribution is -2.64. The van der Waals surface area contributed by atoms with Crippen molar-refractivity contribution in [3.8, 4) is 0 Å². The van der Waals surface area contributed by atoms with Crippen LogP contribution in [0.15, 0.2) is 0 Å². The van der Waals surface area contributed by atoms with E-state index in [9.17, 15) is 0 Å². The van der Waals surface area contributed by atoms with E-state index in [0.717, 1.165) is 25.3 Å². The van der Waals surface area contributed by atoms with Crippen LogP contribution in [0.2, 0.25) is 0 Å². The molecule has 2 heterocycles. The molecule has 0 aromatic heterocycles. The molecule has 1 unspecified atom stereocenters. The number of hydrogen-bond acceptors (Lipinski definition) is 3. The van der Waals surface area contributed by atoms with E-state index in [4.69, 9.17) is 4.74 Å². The lowest BCUT2D eigenvalue weighted by molar-refractivity contribution is -0.200. The molecule has 0 saturated carbocycles. The zero-order valence-corrected chi connectivity index (χ0v) is 12.8. The number of likely N-dealkylation sites (tertiary alicyclic amines) is 1. The van der Waals surface area contributed by atoms with E-state index in [0.29, 0.717) is 6.10 Å². The second-order valence-electron chi connectivity index (χ2n) is 7.29. The van der Waals surface area contributed by atoms with Crippen LogP contribution in [-0.4, -0.2) is 42.9 Å². The van der Waals surface area contributed by atoms with Gasteiger partial charge in [0.25, 0.3) is 0 Å². The predicted octanol–water partition coefficient (Wildman–Crippen LogP) is 2.47. The van der Waals surface area contributed by atoms with Crippen molar-refractivity contribution in [1.82, 2.24) is 10.2 Å². The Kier molecular flexibility index (Phi) is 4.05. The average molecular weight is 254 g/mol. The van der Waals surface area contributed by atoms with Gasteiger partial charge in [0.1, 0.15) is 5.72 Å². The van der Waals surface area contributed by atoms with Crippen molar-refractivity contribution in [1.29, 1.82) is 0 Å². The van der Waals surface area contributed by atoms with E-state index in [1.807, 2.05) is 0 Å². The van der Waals surface area contributed by atoms with Crippen molar-refractivity contribution in [3.05, 3.63) is 0 Å². The van der Waals surface area contributed by atoms with Crippen molar-refractivity contribution < 1.29 is 4.74 Å². The molecule has 2 rings (SSSR count). The fraction of sp³-hybridized carbons (Fsp3) is 1.00. The molecule has 2 saturated heterocycles. The number of nitrogens with zero attached hydrogens (tertiary/aromatic N) is 1. The zero-order valence-electron chi connectivity index (χ0n) is 12.8. The topological polar surface area (TPSA) is 24.5 Å². The fourth-order valence-corrected chi connectivity index (χ4v) is 2.98. The molecule has 1 N–H and O–H groups in total. The van der Waals surface area contributed by atoms with Gasteiger partial charge in [0.15, 0.2) is 0 Å². The molecular formula is C15H30N2O. The highest BCUT2D eigenvalue weighted by Gasteiger charge is 2.44. The van der Waals surface area contributed by atoms with Gasteiger partial charge in [-0.1, -0.05) is 27.7 Å². The van der Waals surface area contributed by atoms with E-state index in [1.54, 1.807) is 0 Å². The van der Waals surface area contributed by atoms with Crippen LogP contribution in [0.4, 0.5) is 0 Å². The summed E-state index contributed by atoms with van der Waals surface area (Å²) in [5.41, 5.74) is 0.211. The van der Waals surface area contributed by atoms with Crippen LogP contribution in [0.1, 0.15) is 47.5 Å². The van der Waals surface area contributed by atoms with Crippen molar-refractivity contribution in [2.24, 2.45) is 11.3 Å². The van der Waals surface area contributed by atoms with Gasteiger partial charge >= 0.3 is 0 Å². The molecule has 2 fully saturated rings. The minimum Gasteiger partial charge on any atom is -0.357 e. The molecule has 0 amide bonds. The molecular weight excluding hydrogens is 224 g/mol. The third-order valence-electron chi connectivity index (χ3n) is 4.66. The Labute approximate surface area is 112 Å². The first kappa shape index (κ1) is 14.3. The standard InChI is InChI=1S/C15H30N2O/c1-12(2)10-17-8-6-15(7-9-17)16-11-14(4,5)13(3)18-15/h12-13,16H,6-11H2,1-5H3. The molecule has 2 aliphatic heterocycles. The van der Waals surface area contributed by atoms with Gasteiger partial charge in [0.2, 0.25) is 0 Å². The van der Waals surface area contributed by atoms with Crippen molar-refractivity contribution >= 4 is 0 Å². The predicted molar refractivity (Wildman–Crippen MR) is 75.6 cm³/mol. The number of hydrogen-bond donors (Lipinski definition) is 1. The van der Waals surface area contributed by atoms with E-state index < -0.39 is 0 Å². The van der Waals surface area contributed by atoms with Crippen LogP contribution in [0.5, 0.6) is 0 Å². The molecule has 3 nitrogen and oxygen atoms in total. The molecule has 0 radical (unpaired) electrons. The molecule has 106 valence electrons. The van der Waals surface area contributed by atoms with Crippen LogP contribution < -0.4 is 5.32 Å². The molecule has 0 bridgehead atoms. The summed E-state index contributed by atoms with van der Waals surface area (Å²) in [6.07, 6.45) is 2.59. The maximum atomic E-state index is 6.35. The van der Waals surface area contributed by atoms with Crippen LogP contribution in [0, 0.1) is 11.3 Å². The summed E-state index contributed by atoms with van der Waals surface area (Å²) < 4.78 is 6.35. The van der Waals surface area contributed by atoms with Crippen LogP contribution in [0.3, 0.4) is 0 Å². The molecule has 18 heavy (non-hydrogen) atoms. The highest BCUT2D eigenvalue weighted by molar-refractivity contribution is 4.94. The number of nitrogens with one attached hydrogen (secondary N) is 1. The largest absolute Gasteiger partial charge is 0.357 e. The Morgan fingerprint density at radius 1 is 1.28 bits per heavy atom. The monoisotopic (exact) mass is 254 g/mol. The Bertz CT molecular complexity index is 280. The highest BCUT2D eigenvalue weighted by Crippen LogP contribution is 2.36. The van der Waals surface area contributed by atoms with Gasteiger partial charge in [-0.2, -0.15) is 0 Å². The molecule has 3 heteroatoms. The smallest absolute Gasteiger partial charge is 0.122 e. The maximum absolute atomic E-state index is 6.35. The van der Waals surface area contributed by atoms with E-state index >= 15 is 0 Å². The van der Waals surface area contributed by atoms with E-state index in [2.05, 4.69) is 44.8 Å². The van der Waals surface area contributed by atoms with Crippen molar-refractivity contribution in [2.45, 2.75) is 59.3 Å². The normalized spacial score (nSPS) is 32.0. The Morgan fingerprint density at radius 2 is 1.89 bits per heavy atom. The Balaban J connectivity index is 1.89. The summed E-state index contributed by atoms with van der Waals surface area (Å²) in [4.78, 5) is 2.57. The summed E-state index contributed by atoms with van der Waals surface area (Å²) in [6.45, 7) is 16.0. The summed E-state index contributed by atoms with van der Waals surface area (Å²) >= 11 is 0. The summed E-state index contributed by atoms with van der Waals surface area (Å²) in [5, 5.41) is 3.68. The second-order valence-corrected chi connectivity index (χ2v) is 7.29. The first-order chi connectivity index (χ1) is 8.33. The molecule has 0 aliphatic carbocycles. The van der Waals surface area contributed by atoms with E-state index in [-0.39, 0.29) is 11.1 Å². The highest BCUT2D eigenvalue weighted by atomic mass is 16.5. The zero-order chi connectivity index (χ0) is 13.4. The second kappa shape index (κ2) is 5.10. The minimum atomic E-state index is -0.0393. The van der Waals surface area contributed by atoms with Gasteiger partial charge in [-0.3, -0.25) is 5.32 Å². The quantitative estimate of drug-likeness (QED) is 0.819. The first-order valence-electron chi connectivity index (χ1n) is 7.48. The lowest BCUT2D eigenvalue weighted by Gasteiger charge is -2.51. The number of ether oxygens (including phenoxy) is 1. The Morgan fingerprint density at radius 3 is 2.39 bits per heavy atom. The van der Waals surface area contributed by atoms with Gasteiger partial charge in [0.05, 0.1) is 6.10 Å². The lowest BCUT2D eigenvalue weighted by atomic mass is 9.83. The van der Waals surface area contributed by atoms with Gasteiger partial charge in [0, 0.05) is 44.4 Å². The summed E-state index contributed by atoms with van der Waals surface area (Å²) in [5.74, 6) is 0.761. The van der Waals surface area contributed by atoms with Gasteiger partial charge in [-0.15, -0.1) is 0 Å². The molecule has 1 atom stereocenters. The molecule has 2 aliphatic rings. The summed E-state index contributed by atoms with van der Waals surface area (Å²) in [6, 6.07) is 0. The molecule has 1 spiro atoms. The van der Waals surface area contributed by atoms with Gasteiger partial charge < -0.3 is 9.64 Å². The van der Waals surface area contributed by atoms with Crippen molar-refractivity contribution in [3.63, 3.8) is 0 Å². The number of piperidine rings is 1. The van der Waals surface area contributed by atoms with Crippen LogP contribution >= 0.6 is 0 Å². The number of rotatable bonds is 2. The van der Waals surface area contributed by atoms with Gasteiger partial charge in [-0.05, 0) is 12.8 Å². The van der Waals surface area contributed by atoms with E-state index in [1.165, 1.54) is 19.6 Å². The fourth-order valence-electron chi connectivity index (χ4n) is 2.98. The van der Waals surface area contributed by atoms with Crippen molar-refractivity contribution in [2.75, 3.05) is 26.2 Å². The third kappa shape index (κ3) is 3.06. The third-order valence-corrected chi connectivity index (χ3v) is 4.66. The van der Waals surface area contributed by atoms with Crippen LogP contribution in [0.25, 0.3) is 0 Å². The average Bonchev–Trinajstić information content (AvgIpc) is 2.28. The molecule has 0 aromatic rings. The SMILES string of the molecule is CC(C)CN1CCC2(CC1)NCC(C)(C)C(C)O2.